The van der Waals surface area contributed by atoms with E-state index in [0.29, 0.717) is 31.5 Å². The number of hydrogen-bond acceptors (Lipinski definition) is 7. The predicted molar refractivity (Wildman–Crippen MR) is 146 cm³/mol. The fourth-order valence-corrected chi connectivity index (χ4v) is 4.50. The van der Waals surface area contributed by atoms with Gasteiger partial charge < -0.3 is 25.7 Å². The molecule has 1 aliphatic rings. The number of halogens is 2. The van der Waals surface area contributed by atoms with Gasteiger partial charge in [0.2, 0.25) is 17.7 Å². The van der Waals surface area contributed by atoms with E-state index in [0.717, 1.165) is 5.56 Å². The molecule has 3 atom stereocenters. The van der Waals surface area contributed by atoms with Gasteiger partial charge in [-0.15, -0.1) is 0 Å². The fourth-order valence-electron chi connectivity index (χ4n) is 4.50. The van der Waals surface area contributed by atoms with Crippen LogP contribution in [0.3, 0.4) is 0 Å². The molecule has 1 aromatic carbocycles. The first-order chi connectivity index (χ1) is 20.1. The number of pyridine rings is 1. The minimum absolute atomic E-state index is 0.0529. The van der Waals surface area contributed by atoms with E-state index in [4.69, 9.17) is 4.42 Å². The molecular formula is C29H32F2N6O5. The number of nitrogens with one attached hydrogen (secondary N) is 4. The maximum atomic E-state index is 14.2. The van der Waals surface area contributed by atoms with Crippen LogP contribution in [0.1, 0.15) is 71.6 Å². The number of benzene rings is 1. The Hall–Kier alpha value is -4.68. The highest BCUT2D eigenvalue weighted by Gasteiger charge is 2.32. The summed E-state index contributed by atoms with van der Waals surface area (Å²) in [6, 6.07) is 6.84. The van der Waals surface area contributed by atoms with E-state index >= 15 is 0 Å². The lowest BCUT2D eigenvalue weighted by Crippen LogP contribution is -2.56. The molecule has 3 aromatic rings. The molecule has 0 radical (unpaired) electrons. The molecule has 0 unspecified atom stereocenters. The highest BCUT2D eigenvalue weighted by atomic mass is 19.1. The molecule has 0 saturated carbocycles. The number of rotatable bonds is 5. The summed E-state index contributed by atoms with van der Waals surface area (Å²) in [6.45, 7) is 3.73. The van der Waals surface area contributed by atoms with Crippen molar-refractivity contribution in [3.63, 3.8) is 0 Å². The number of nitrogens with zero attached hydrogens (tertiary/aromatic N) is 2. The molecule has 0 saturated heterocycles. The molecule has 1 aliphatic heterocycles. The van der Waals surface area contributed by atoms with Crippen molar-refractivity contribution in [1.82, 2.24) is 31.2 Å². The molecule has 13 heteroatoms. The zero-order valence-corrected chi connectivity index (χ0v) is 23.2. The number of carbonyl (C=O) groups is 4. The van der Waals surface area contributed by atoms with Gasteiger partial charge in [0, 0.05) is 19.0 Å². The molecular weight excluding hydrogens is 550 g/mol. The summed E-state index contributed by atoms with van der Waals surface area (Å²) < 4.78 is 33.1. The SMILES string of the molecule is CC(C)[C@@H]1NC(=O)[C@@H](NC(=O)c2ncc(F)cc2F)CCCCNC(=O)c2coc(n2)[C@@H](Cc2ccccc2)NC1=O. The van der Waals surface area contributed by atoms with Crippen molar-refractivity contribution in [3.05, 3.63) is 83.3 Å². The molecule has 0 fully saturated rings. The third kappa shape index (κ3) is 7.74. The number of carbonyl (C=O) groups excluding carboxylic acids is 4. The van der Waals surface area contributed by atoms with Gasteiger partial charge in [0.15, 0.2) is 17.2 Å². The van der Waals surface area contributed by atoms with Crippen molar-refractivity contribution < 1.29 is 32.4 Å². The molecule has 222 valence electrons. The van der Waals surface area contributed by atoms with Crippen molar-refractivity contribution in [2.75, 3.05) is 6.54 Å². The summed E-state index contributed by atoms with van der Waals surface area (Å²) in [6.07, 6.45) is 3.13. The van der Waals surface area contributed by atoms with Gasteiger partial charge >= 0.3 is 0 Å². The van der Waals surface area contributed by atoms with Gasteiger partial charge in [-0.2, -0.15) is 0 Å². The van der Waals surface area contributed by atoms with Crippen LogP contribution in [0.15, 0.2) is 53.3 Å². The van der Waals surface area contributed by atoms with Gasteiger partial charge in [-0.25, -0.2) is 18.7 Å². The molecule has 4 amide bonds. The Balaban J connectivity index is 1.60. The van der Waals surface area contributed by atoms with E-state index in [9.17, 15) is 28.0 Å². The molecule has 42 heavy (non-hydrogen) atoms. The van der Waals surface area contributed by atoms with Gasteiger partial charge in [-0.1, -0.05) is 44.2 Å². The third-order valence-electron chi connectivity index (χ3n) is 6.75. The Bertz CT molecular complexity index is 1430. The molecule has 4 N–H and O–H groups in total. The zero-order chi connectivity index (χ0) is 30.2. The highest BCUT2D eigenvalue weighted by Crippen LogP contribution is 2.20. The first-order valence-electron chi connectivity index (χ1n) is 13.6. The number of oxazole rings is 1. The molecule has 2 bridgehead atoms. The van der Waals surface area contributed by atoms with Crippen LogP contribution in [0, 0.1) is 17.6 Å². The van der Waals surface area contributed by atoms with E-state index in [2.05, 4.69) is 31.2 Å². The summed E-state index contributed by atoms with van der Waals surface area (Å²) in [7, 11) is 0. The number of fused-ring (bicyclic) bond motifs is 2. The van der Waals surface area contributed by atoms with Gasteiger partial charge in [0.05, 0.1) is 6.20 Å². The topological polar surface area (TPSA) is 155 Å². The van der Waals surface area contributed by atoms with Crippen molar-refractivity contribution in [2.24, 2.45) is 5.92 Å². The van der Waals surface area contributed by atoms with Crippen LogP contribution >= 0.6 is 0 Å². The Morgan fingerprint density at radius 3 is 2.57 bits per heavy atom. The van der Waals surface area contributed by atoms with Crippen molar-refractivity contribution in [2.45, 2.75) is 57.7 Å². The zero-order valence-electron chi connectivity index (χ0n) is 23.2. The normalized spacial score (nSPS) is 20.4. The van der Waals surface area contributed by atoms with Gasteiger partial charge in [0.1, 0.15) is 30.2 Å². The lowest BCUT2D eigenvalue weighted by Gasteiger charge is -2.27. The monoisotopic (exact) mass is 582 g/mol. The predicted octanol–water partition coefficient (Wildman–Crippen LogP) is 2.60. The third-order valence-corrected chi connectivity index (χ3v) is 6.75. The van der Waals surface area contributed by atoms with Crippen molar-refractivity contribution in [3.8, 4) is 0 Å². The molecule has 11 nitrogen and oxygen atoms in total. The van der Waals surface area contributed by atoms with E-state index in [1.54, 1.807) is 13.8 Å². The minimum atomic E-state index is -1.18. The fraction of sp³-hybridized carbons (Fsp3) is 0.379. The average molecular weight is 583 g/mol. The maximum Gasteiger partial charge on any atom is 0.273 e. The Labute approximate surface area is 240 Å². The number of hydrogen-bond donors (Lipinski definition) is 4. The average Bonchev–Trinajstić information content (AvgIpc) is 3.45. The summed E-state index contributed by atoms with van der Waals surface area (Å²) >= 11 is 0. The first kappa shape index (κ1) is 30.3. The molecule has 0 aliphatic carbocycles. The quantitative estimate of drug-likeness (QED) is 0.360. The van der Waals surface area contributed by atoms with Crippen molar-refractivity contribution >= 4 is 23.6 Å². The Kier molecular flexibility index (Phi) is 9.94. The van der Waals surface area contributed by atoms with E-state index < -0.39 is 59.1 Å². The van der Waals surface area contributed by atoms with Crippen LogP contribution < -0.4 is 21.3 Å². The summed E-state index contributed by atoms with van der Waals surface area (Å²) in [5, 5.41) is 10.8. The number of amides is 4. The van der Waals surface area contributed by atoms with E-state index in [1.165, 1.54) is 6.26 Å². The van der Waals surface area contributed by atoms with Crippen LogP contribution in [0.4, 0.5) is 8.78 Å². The smallest absolute Gasteiger partial charge is 0.273 e. The van der Waals surface area contributed by atoms with Crippen LogP contribution in [0.5, 0.6) is 0 Å². The number of aromatic nitrogens is 2. The highest BCUT2D eigenvalue weighted by molar-refractivity contribution is 5.97. The van der Waals surface area contributed by atoms with Crippen molar-refractivity contribution in [1.29, 1.82) is 0 Å². The van der Waals surface area contributed by atoms with E-state index in [1.807, 2.05) is 30.3 Å². The summed E-state index contributed by atoms with van der Waals surface area (Å²) in [4.78, 5) is 60.2. The second-order valence-corrected chi connectivity index (χ2v) is 10.3. The van der Waals surface area contributed by atoms with E-state index in [-0.39, 0.29) is 30.5 Å². The lowest BCUT2D eigenvalue weighted by molar-refractivity contribution is -0.131. The molecule has 3 heterocycles. The van der Waals surface area contributed by atoms with Gasteiger partial charge in [0.25, 0.3) is 11.8 Å². The van der Waals surface area contributed by atoms with Crippen LogP contribution in [-0.2, 0) is 16.0 Å². The van der Waals surface area contributed by atoms with Crippen LogP contribution in [0.2, 0.25) is 0 Å². The molecule has 4 rings (SSSR count). The van der Waals surface area contributed by atoms with Gasteiger partial charge in [-0.3, -0.25) is 19.2 Å². The Morgan fingerprint density at radius 1 is 1.10 bits per heavy atom. The van der Waals surface area contributed by atoms with Crippen LogP contribution in [0.25, 0.3) is 0 Å². The standard InChI is InChI=1S/C29H32F2N6O5/c1-16(2)23-27(40)35-21(12-17-8-4-3-5-9-17)29-36-22(15-42-29)25(38)32-11-7-6-10-20(26(39)37-23)34-28(41)24-19(31)13-18(30)14-33-24/h3-5,8-9,13-16,20-21,23H,6-7,10-12H2,1-2H3,(H,32,38)(H,34,41)(H,35,40)(H,37,39)/t20-,21+,23-/m0/s1. The minimum Gasteiger partial charge on any atom is -0.446 e. The maximum absolute atomic E-state index is 14.2. The lowest BCUT2D eigenvalue weighted by atomic mass is 10.00. The summed E-state index contributed by atoms with van der Waals surface area (Å²) in [5.74, 6) is -5.07. The largest absolute Gasteiger partial charge is 0.446 e. The van der Waals surface area contributed by atoms with Gasteiger partial charge in [-0.05, 0) is 30.7 Å². The second kappa shape index (κ2) is 13.8. The second-order valence-electron chi connectivity index (χ2n) is 10.3. The first-order valence-corrected chi connectivity index (χ1v) is 13.6. The molecule has 2 aromatic heterocycles. The Morgan fingerprint density at radius 2 is 1.86 bits per heavy atom. The van der Waals surface area contributed by atoms with Crippen LogP contribution in [-0.4, -0.2) is 52.2 Å². The molecule has 0 spiro atoms. The summed E-state index contributed by atoms with van der Waals surface area (Å²) in [5.41, 5.74) is 0.253.